The highest BCUT2D eigenvalue weighted by Crippen LogP contribution is 2.31. The maximum Gasteiger partial charge on any atom is 0.252 e. The Morgan fingerprint density at radius 2 is 1.97 bits per heavy atom. The maximum absolute atomic E-state index is 6.09. The first-order valence-electron chi connectivity index (χ1n) is 9.44. The molecular formula is C20H18ClN7O2. The van der Waals surface area contributed by atoms with Crippen molar-refractivity contribution >= 4 is 17.5 Å². The van der Waals surface area contributed by atoms with Crippen molar-refractivity contribution in [2.75, 3.05) is 24.7 Å². The summed E-state index contributed by atoms with van der Waals surface area (Å²) >= 11 is 6.09. The normalized spacial score (nSPS) is 16.7. The second kappa shape index (κ2) is 7.85. The predicted molar refractivity (Wildman–Crippen MR) is 110 cm³/mol. The van der Waals surface area contributed by atoms with E-state index in [0.29, 0.717) is 42.4 Å². The molecule has 1 aromatic carbocycles. The van der Waals surface area contributed by atoms with Crippen molar-refractivity contribution in [1.82, 2.24) is 29.9 Å². The summed E-state index contributed by atoms with van der Waals surface area (Å²) in [4.78, 5) is 10.7. The Morgan fingerprint density at radius 3 is 2.80 bits per heavy atom. The number of halogens is 1. The molecule has 9 nitrogen and oxygen atoms in total. The lowest BCUT2D eigenvalue weighted by Gasteiger charge is -2.33. The molecule has 152 valence electrons. The average molecular weight is 424 g/mol. The summed E-state index contributed by atoms with van der Waals surface area (Å²) in [6.45, 7) is 1.61. The van der Waals surface area contributed by atoms with Gasteiger partial charge in [-0.15, -0.1) is 10.2 Å². The minimum absolute atomic E-state index is 0.271. The Balaban J connectivity index is 1.47. The molecule has 3 aromatic heterocycles. The van der Waals surface area contributed by atoms with Crippen LogP contribution >= 0.6 is 11.6 Å². The van der Waals surface area contributed by atoms with Gasteiger partial charge in [-0.25, -0.2) is 0 Å². The Hall–Kier alpha value is -3.30. The van der Waals surface area contributed by atoms with Crippen LogP contribution in [0.15, 0.2) is 53.3 Å². The van der Waals surface area contributed by atoms with Crippen LogP contribution in [0, 0.1) is 0 Å². The number of morpholine rings is 1. The zero-order valence-corrected chi connectivity index (χ0v) is 16.9. The largest absolute Gasteiger partial charge is 0.377 e. The van der Waals surface area contributed by atoms with Crippen molar-refractivity contribution in [3.63, 3.8) is 0 Å². The van der Waals surface area contributed by atoms with E-state index in [2.05, 4.69) is 30.2 Å². The van der Waals surface area contributed by atoms with E-state index in [-0.39, 0.29) is 6.04 Å². The smallest absolute Gasteiger partial charge is 0.252 e. The number of rotatable bonds is 4. The van der Waals surface area contributed by atoms with Gasteiger partial charge >= 0.3 is 0 Å². The molecule has 0 N–H and O–H groups in total. The minimum Gasteiger partial charge on any atom is -0.377 e. The summed E-state index contributed by atoms with van der Waals surface area (Å²) in [6, 6.07) is 10.9. The SMILES string of the molecule is Cn1c(-c2ccncc2)nnc1N1CCOC[C@H]1c1nc(-c2cccc(Cl)c2)no1. The number of hydrogen-bond acceptors (Lipinski definition) is 8. The first-order valence-corrected chi connectivity index (χ1v) is 9.82. The highest BCUT2D eigenvalue weighted by molar-refractivity contribution is 6.30. The number of aromatic nitrogens is 6. The van der Waals surface area contributed by atoms with E-state index in [1.807, 2.05) is 35.9 Å². The van der Waals surface area contributed by atoms with Crippen LogP contribution < -0.4 is 4.90 Å². The molecule has 0 aliphatic carbocycles. The fraction of sp³-hybridized carbons (Fsp3) is 0.250. The molecule has 30 heavy (non-hydrogen) atoms. The molecule has 1 atom stereocenters. The predicted octanol–water partition coefficient (Wildman–Crippen LogP) is 3.16. The van der Waals surface area contributed by atoms with E-state index < -0.39 is 0 Å². The fourth-order valence-corrected chi connectivity index (χ4v) is 3.68. The summed E-state index contributed by atoms with van der Waals surface area (Å²) in [5.41, 5.74) is 1.73. The zero-order valence-electron chi connectivity index (χ0n) is 16.1. The number of benzene rings is 1. The molecule has 0 unspecified atom stereocenters. The number of nitrogens with zero attached hydrogens (tertiary/aromatic N) is 7. The molecule has 1 saturated heterocycles. The Morgan fingerprint density at radius 1 is 1.10 bits per heavy atom. The van der Waals surface area contributed by atoms with Gasteiger partial charge in [-0.3, -0.25) is 9.55 Å². The monoisotopic (exact) mass is 423 g/mol. The van der Waals surface area contributed by atoms with Gasteiger partial charge in [0.2, 0.25) is 11.8 Å². The number of ether oxygens (including phenoxy) is 1. The van der Waals surface area contributed by atoms with Crippen molar-refractivity contribution in [2.24, 2.45) is 7.05 Å². The molecule has 0 amide bonds. The van der Waals surface area contributed by atoms with Crippen LogP contribution in [0.2, 0.25) is 5.02 Å². The molecule has 0 bridgehead atoms. The third-order valence-corrected chi connectivity index (χ3v) is 5.22. The van der Waals surface area contributed by atoms with Gasteiger partial charge in [0.05, 0.1) is 13.2 Å². The van der Waals surface area contributed by atoms with Gasteiger partial charge in [-0.1, -0.05) is 28.9 Å². The Kier molecular flexibility index (Phi) is 4.89. The van der Waals surface area contributed by atoms with Crippen LogP contribution in [0.25, 0.3) is 22.8 Å². The number of anilines is 1. The molecule has 10 heteroatoms. The second-order valence-electron chi connectivity index (χ2n) is 6.87. The summed E-state index contributed by atoms with van der Waals surface area (Å²) in [5.74, 6) is 2.40. The quantitative estimate of drug-likeness (QED) is 0.494. The van der Waals surface area contributed by atoms with E-state index in [0.717, 1.165) is 17.0 Å². The van der Waals surface area contributed by atoms with Crippen molar-refractivity contribution in [1.29, 1.82) is 0 Å². The Labute approximate surface area is 177 Å². The molecule has 1 aliphatic rings. The zero-order chi connectivity index (χ0) is 20.5. The molecule has 1 aliphatic heterocycles. The third kappa shape index (κ3) is 3.42. The highest BCUT2D eigenvalue weighted by Gasteiger charge is 2.33. The van der Waals surface area contributed by atoms with E-state index in [4.69, 9.17) is 20.9 Å². The van der Waals surface area contributed by atoms with Crippen LogP contribution in [0.4, 0.5) is 5.95 Å². The molecule has 1 fully saturated rings. The van der Waals surface area contributed by atoms with E-state index >= 15 is 0 Å². The lowest BCUT2D eigenvalue weighted by atomic mass is 10.2. The number of pyridine rings is 1. The average Bonchev–Trinajstić information content (AvgIpc) is 3.42. The van der Waals surface area contributed by atoms with E-state index in [1.165, 1.54) is 0 Å². The van der Waals surface area contributed by atoms with Crippen molar-refractivity contribution < 1.29 is 9.26 Å². The van der Waals surface area contributed by atoms with Crippen molar-refractivity contribution in [3.8, 4) is 22.8 Å². The standard InChI is InChI=1S/C20H18ClN7O2/c1-27-18(13-5-7-22-8-6-13)24-25-20(27)28-9-10-29-12-16(28)19-23-17(26-30-19)14-3-2-4-15(21)11-14/h2-8,11,16H,9-10,12H2,1H3/t16-/m0/s1. The summed E-state index contributed by atoms with van der Waals surface area (Å²) in [7, 11) is 1.93. The first kappa shape index (κ1) is 18.7. The van der Waals surface area contributed by atoms with Crippen LogP contribution in [0.3, 0.4) is 0 Å². The maximum atomic E-state index is 6.09. The fourth-order valence-electron chi connectivity index (χ4n) is 3.49. The van der Waals surface area contributed by atoms with Gasteiger partial charge in [-0.2, -0.15) is 4.98 Å². The van der Waals surface area contributed by atoms with Gasteiger partial charge in [0.1, 0.15) is 6.04 Å². The van der Waals surface area contributed by atoms with Crippen LogP contribution in [0.5, 0.6) is 0 Å². The van der Waals surface area contributed by atoms with Gasteiger partial charge in [0.15, 0.2) is 5.82 Å². The van der Waals surface area contributed by atoms with Gasteiger partial charge in [0.25, 0.3) is 5.89 Å². The van der Waals surface area contributed by atoms with Gasteiger partial charge in [-0.05, 0) is 24.3 Å². The number of hydrogen-bond donors (Lipinski definition) is 0. The molecule has 0 spiro atoms. The minimum atomic E-state index is -0.271. The van der Waals surface area contributed by atoms with Gasteiger partial charge in [0, 0.05) is 42.1 Å². The third-order valence-electron chi connectivity index (χ3n) is 4.99. The molecular weight excluding hydrogens is 406 g/mol. The molecule has 0 radical (unpaired) electrons. The highest BCUT2D eigenvalue weighted by atomic mass is 35.5. The topological polar surface area (TPSA) is 95.0 Å². The lowest BCUT2D eigenvalue weighted by Crippen LogP contribution is -2.41. The first-order chi connectivity index (χ1) is 14.7. The molecule has 0 saturated carbocycles. The molecule has 4 heterocycles. The summed E-state index contributed by atoms with van der Waals surface area (Å²) < 4.78 is 13.2. The van der Waals surface area contributed by atoms with Crippen molar-refractivity contribution in [2.45, 2.75) is 6.04 Å². The van der Waals surface area contributed by atoms with Crippen LogP contribution in [0.1, 0.15) is 11.9 Å². The molecule has 5 rings (SSSR count). The molecule has 4 aromatic rings. The lowest BCUT2D eigenvalue weighted by molar-refractivity contribution is 0.0826. The second-order valence-corrected chi connectivity index (χ2v) is 7.31. The summed E-state index contributed by atoms with van der Waals surface area (Å²) in [6.07, 6.45) is 3.47. The van der Waals surface area contributed by atoms with Crippen LogP contribution in [-0.4, -0.2) is 49.6 Å². The van der Waals surface area contributed by atoms with Crippen LogP contribution in [-0.2, 0) is 11.8 Å². The van der Waals surface area contributed by atoms with E-state index in [9.17, 15) is 0 Å². The summed E-state index contributed by atoms with van der Waals surface area (Å²) in [5, 5.41) is 13.5. The van der Waals surface area contributed by atoms with Crippen molar-refractivity contribution in [3.05, 3.63) is 59.7 Å². The van der Waals surface area contributed by atoms with E-state index in [1.54, 1.807) is 24.5 Å². The van der Waals surface area contributed by atoms with Gasteiger partial charge < -0.3 is 14.2 Å². The Bertz CT molecular complexity index is 1160.